The summed E-state index contributed by atoms with van der Waals surface area (Å²) in [4.78, 5) is 2.35. The van der Waals surface area contributed by atoms with E-state index in [0.717, 1.165) is 12.3 Å². The third kappa shape index (κ3) is 5.09. The normalized spacial score (nSPS) is 14.4. The van der Waals surface area contributed by atoms with Crippen LogP contribution in [0.25, 0.3) is 0 Å². The van der Waals surface area contributed by atoms with Crippen LogP contribution in [0.2, 0.25) is 0 Å². The topological polar surface area (TPSA) is 3.24 Å². The van der Waals surface area contributed by atoms with E-state index in [1.165, 1.54) is 65.9 Å². The molecule has 0 saturated heterocycles. The van der Waals surface area contributed by atoms with E-state index in [9.17, 15) is 0 Å². The predicted molar refractivity (Wildman–Crippen MR) is 146 cm³/mol. The fraction of sp³-hybridized carbons (Fsp3) is 0.273. The van der Waals surface area contributed by atoms with Crippen LogP contribution in [-0.2, 0) is 12.8 Å². The third-order valence-electron chi connectivity index (χ3n) is 7.26. The zero-order valence-electron chi connectivity index (χ0n) is 20.5. The second kappa shape index (κ2) is 10.3. The minimum absolute atomic E-state index is 0.810. The number of benzene rings is 4. The Bertz CT molecular complexity index is 1160. The molecule has 0 aliphatic heterocycles. The second-order valence-electron chi connectivity index (χ2n) is 9.87. The highest BCUT2D eigenvalue weighted by Gasteiger charge is 2.24. The van der Waals surface area contributed by atoms with Crippen molar-refractivity contribution in [2.24, 2.45) is 0 Å². The summed E-state index contributed by atoms with van der Waals surface area (Å²) >= 11 is 0. The molecule has 1 atom stereocenters. The highest BCUT2D eigenvalue weighted by molar-refractivity contribution is 5.76. The molecule has 5 rings (SSSR count). The molecule has 1 aliphatic carbocycles. The van der Waals surface area contributed by atoms with Crippen molar-refractivity contribution in [3.05, 3.63) is 125 Å². The van der Waals surface area contributed by atoms with Crippen LogP contribution in [0.4, 0.5) is 17.1 Å². The number of anilines is 3. The van der Waals surface area contributed by atoms with Crippen LogP contribution >= 0.6 is 0 Å². The zero-order chi connectivity index (χ0) is 23.3. The molecule has 0 amide bonds. The first-order valence-corrected chi connectivity index (χ1v) is 12.8. The Morgan fingerprint density at radius 1 is 0.618 bits per heavy atom. The molecule has 34 heavy (non-hydrogen) atoms. The van der Waals surface area contributed by atoms with Crippen LogP contribution in [0.1, 0.15) is 59.4 Å². The van der Waals surface area contributed by atoms with Gasteiger partial charge in [-0.25, -0.2) is 0 Å². The van der Waals surface area contributed by atoms with Crippen LogP contribution in [0, 0.1) is 13.8 Å². The summed E-state index contributed by atoms with van der Waals surface area (Å²) in [5.41, 5.74) is 10.8. The van der Waals surface area contributed by atoms with Crippen molar-refractivity contribution >= 4 is 17.1 Å². The first-order chi connectivity index (χ1) is 16.7. The van der Waals surface area contributed by atoms with Gasteiger partial charge < -0.3 is 4.90 Å². The fourth-order valence-corrected chi connectivity index (χ4v) is 5.16. The van der Waals surface area contributed by atoms with Gasteiger partial charge in [0.25, 0.3) is 0 Å². The van der Waals surface area contributed by atoms with Gasteiger partial charge in [0.05, 0.1) is 0 Å². The van der Waals surface area contributed by atoms with Crippen molar-refractivity contribution in [3.63, 3.8) is 0 Å². The standard InChI is InChI=1S/C33H35N/c1-25-12-18-30(19-13-25)34(31-20-14-26(2)15-21-31)32-22-16-27(17-23-32)8-4-3-5-9-28-24-29-10-6-7-11-33(28)29/h6-7,10-23,28H,3-5,8-9,24H2,1-2H3. The Labute approximate surface area is 205 Å². The molecule has 0 aromatic heterocycles. The average molecular weight is 446 g/mol. The van der Waals surface area contributed by atoms with Gasteiger partial charge in [-0.05, 0) is 98.5 Å². The van der Waals surface area contributed by atoms with Crippen LogP contribution < -0.4 is 4.90 Å². The van der Waals surface area contributed by atoms with E-state index in [-0.39, 0.29) is 0 Å². The Kier molecular flexibility index (Phi) is 6.81. The SMILES string of the molecule is Cc1ccc(N(c2ccc(C)cc2)c2ccc(CCCCCC3Cc4ccccc43)cc2)cc1. The summed E-state index contributed by atoms with van der Waals surface area (Å²) in [6, 6.07) is 35.7. The van der Waals surface area contributed by atoms with Gasteiger partial charge in [0, 0.05) is 17.1 Å². The molecule has 172 valence electrons. The number of aryl methyl sites for hydroxylation is 3. The first kappa shape index (κ1) is 22.5. The van der Waals surface area contributed by atoms with Gasteiger partial charge in [0.2, 0.25) is 0 Å². The van der Waals surface area contributed by atoms with E-state index in [4.69, 9.17) is 0 Å². The fourth-order valence-electron chi connectivity index (χ4n) is 5.16. The summed E-state index contributed by atoms with van der Waals surface area (Å²) in [6.07, 6.45) is 7.73. The molecule has 0 spiro atoms. The van der Waals surface area contributed by atoms with Crippen molar-refractivity contribution < 1.29 is 0 Å². The zero-order valence-corrected chi connectivity index (χ0v) is 20.5. The molecule has 1 heteroatoms. The maximum Gasteiger partial charge on any atom is 0.0461 e. The Morgan fingerprint density at radius 3 is 1.76 bits per heavy atom. The van der Waals surface area contributed by atoms with Gasteiger partial charge in [-0.15, -0.1) is 0 Å². The van der Waals surface area contributed by atoms with Gasteiger partial charge in [-0.2, -0.15) is 0 Å². The molecule has 0 heterocycles. The summed E-state index contributed by atoms with van der Waals surface area (Å²) in [6.45, 7) is 4.28. The summed E-state index contributed by atoms with van der Waals surface area (Å²) in [7, 11) is 0. The summed E-state index contributed by atoms with van der Waals surface area (Å²) in [5.74, 6) is 0.810. The molecule has 0 bridgehead atoms. The van der Waals surface area contributed by atoms with E-state index < -0.39 is 0 Å². The molecule has 4 aromatic rings. The minimum Gasteiger partial charge on any atom is -0.311 e. The highest BCUT2D eigenvalue weighted by Crippen LogP contribution is 2.38. The third-order valence-corrected chi connectivity index (χ3v) is 7.26. The Hall–Kier alpha value is -3.32. The molecular weight excluding hydrogens is 410 g/mol. The molecule has 1 unspecified atom stereocenters. The van der Waals surface area contributed by atoms with Crippen molar-refractivity contribution in [2.45, 2.75) is 58.3 Å². The lowest BCUT2D eigenvalue weighted by Crippen LogP contribution is -2.16. The number of hydrogen-bond acceptors (Lipinski definition) is 1. The van der Waals surface area contributed by atoms with Crippen molar-refractivity contribution in [2.75, 3.05) is 4.90 Å². The number of fused-ring (bicyclic) bond motifs is 1. The molecular formula is C33H35N. The number of rotatable bonds is 9. The molecule has 0 saturated carbocycles. The van der Waals surface area contributed by atoms with Crippen LogP contribution in [0.3, 0.4) is 0 Å². The molecule has 0 fully saturated rings. The number of nitrogens with zero attached hydrogens (tertiary/aromatic N) is 1. The lowest BCUT2D eigenvalue weighted by molar-refractivity contribution is 0.514. The van der Waals surface area contributed by atoms with E-state index in [0.29, 0.717) is 0 Å². The lowest BCUT2D eigenvalue weighted by Gasteiger charge is -2.30. The van der Waals surface area contributed by atoms with E-state index in [2.05, 4.69) is 116 Å². The van der Waals surface area contributed by atoms with E-state index in [1.807, 2.05) is 0 Å². The van der Waals surface area contributed by atoms with Gasteiger partial charge >= 0.3 is 0 Å². The quantitative estimate of drug-likeness (QED) is 0.232. The maximum absolute atomic E-state index is 2.35. The molecule has 0 N–H and O–H groups in total. The monoisotopic (exact) mass is 445 g/mol. The molecule has 4 aromatic carbocycles. The number of unbranched alkanes of at least 4 members (excludes halogenated alkanes) is 2. The molecule has 1 nitrogen and oxygen atoms in total. The average Bonchev–Trinajstić information content (AvgIpc) is 2.85. The van der Waals surface area contributed by atoms with E-state index in [1.54, 1.807) is 11.1 Å². The molecule has 0 radical (unpaired) electrons. The summed E-state index contributed by atoms with van der Waals surface area (Å²) in [5, 5.41) is 0. The van der Waals surface area contributed by atoms with Crippen molar-refractivity contribution in [3.8, 4) is 0 Å². The summed E-state index contributed by atoms with van der Waals surface area (Å²) < 4.78 is 0. The van der Waals surface area contributed by atoms with Crippen molar-refractivity contribution in [1.82, 2.24) is 0 Å². The first-order valence-electron chi connectivity index (χ1n) is 12.8. The number of hydrogen-bond donors (Lipinski definition) is 0. The van der Waals surface area contributed by atoms with Gasteiger partial charge in [0.15, 0.2) is 0 Å². The highest BCUT2D eigenvalue weighted by atomic mass is 15.1. The van der Waals surface area contributed by atoms with Crippen LogP contribution in [0.5, 0.6) is 0 Å². The second-order valence-corrected chi connectivity index (χ2v) is 9.87. The smallest absolute Gasteiger partial charge is 0.0461 e. The van der Waals surface area contributed by atoms with Gasteiger partial charge in [0.1, 0.15) is 0 Å². The van der Waals surface area contributed by atoms with Crippen LogP contribution in [-0.4, -0.2) is 0 Å². The Morgan fingerprint density at radius 2 is 1.18 bits per heavy atom. The van der Waals surface area contributed by atoms with Gasteiger partial charge in [-0.3, -0.25) is 0 Å². The minimum atomic E-state index is 0.810. The largest absolute Gasteiger partial charge is 0.311 e. The molecule has 1 aliphatic rings. The predicted octanol–water partition coefficient (Wildman–Crippen LogP) is 9.22. The lowest BCUT2D eigenvalue weighted by atomic mass is 9.75. The van der Waals surface area contributed by atoms with Crippen molar-refractivity contribution in [1.29, 1.82) is 0 Å². The van der Waals surface area contributed by atoms with E-state index >= 15 is 0 Å². The Balaban J connectivity index is 1.19. The maximum atomic E-state index is 2.35. The van der Waals surface area contributed by atoms with Gasteiger partial charge in [-0.1, -0.05) is 84.6 Å². The van der Waals surface area contributed by atoms with Crippen LogP contribution in [0.15, 0.2) is 97.1 Å².